The largest absolute Gasteiger partial charge is 0.377 e. The molecular weight excluding hydrogens is 440 g/mol. The minimum atomic E-state index is -0.737. The van der Waals surface area contributed by atoms with Crippen LogP contribution in [0.3, 0.4) is 0 Å². The summed E-state index contributed by atoms with van der Waals surface area (Å²) in [5.41, 5.74) is 7.11. The molecule has 170 valence electrons. The van der Waals surface area contributed by atoms with Crippen LogP contribution in [0.1, 0.15) is 35.1 Å². The van der Waals surface area contributed by atoms with Gasteiger partial charge < -0.3 is 20.5 Å². The highest BCUT2D eigenvalue weighted by atomic mass is 32.1. The lowest BCUT2D eigenvalue weighted by Gasteiger charge is -2.19. The van der Waals surface area contributed by atoms with Crippen molar-refractivity contribution in [2.45, 2.75) is 31.1 Å². The molecule has 0 saturated carbocycles. The Morgan fingerprint density at radius 3 is 2.81 bits per heavy atom. The highest BCUT2D eigenvalue weighted by Gasteiger charge is 2.30. The lowest BCUT2D eigenvalue weighted by molar-refractivity contribution is -0.0211. The SMILES string of the molecule is CO[C@H]1CO[C@H](c2c(NC(=O)c3csc(-c4c(F)cccc4F)n3)cnn2C)CC[C@H]1N. The summed E-state index contributed by atoms with van der Waals surface area (Å²) in [6.45, 7) is 0.324. The van der Waals surface area contributed by atoms with Crippen LogP contribution in [-0.2, 0) is 16.5 Å². The van der Waals surface area contributed by atoms with Crippen LogP contribution in [-0.4, -0.2) is 46.5 Å². The Hall–Kier alpha value is -2.73. The van der Waals surface area contributed by atoms with Crippen LogP contribution >= 0.6 is 11.3 Å². The smallest absolute Gasteiger partial charge is 0.275 e. The zero-order valence-corrected chi connectivity index (χ0v) is 18.4. The minimum Gasteiger partial charge on any atom is -0.377 e. The molecule has 0 unspecified atom stereocenters. The lowest BCUT2D eigenvalue weighted by atomic mass is 10.0. The molecule has 1 aliphatic rings. The van der Waals surface area contributed by atoms with Crippen molar-refractivity contribution < 1.29 is 23.0 Å². The summed E-state index contributed by atoms with van der Waals surface area (Å²) >= 11 is 0.988. The number of benzene rings is 1. The molecule has 8 nitrogen and oxygen atoms in total. The molecule has 32 heavy (non-hydrogen) atoms. The van der Waals surface area contributed by atoms with Crippen molar-refractivity contribution >= 4 is 22.9 Å². The zero-order chi connectivity index (χ0) is 22.8. The normalized spacial score (nSPS) is 21.3. The second-order valence-corrected chi connectivity index (χ2v) is 8.35. The van der Waals surface area contributed by atoms with Crippen LogP contribution in [0.25, 0.3) is 10.6 Å². The predicted octanol–water partition coefficient (Wildman–Crippen LogP) is 3.27. The van der Waals surface area contributed by atoms with E-state index in [0.29, 0.717) is 30.8 Å². The number of thiazole rings is 1. The summed E-state index contributed by atoms with van der Waals surface area (Å²) in [5, 5.41) is 8.58. The number of rotatable bonds is 5. The van der Waals surface area contributed by atoms with Crippen molar-refractivity contribution in [3.63, 3.8) is 0 Å². The van der Waals surface area contributed by atoms with Gasteiger partial charge in [-0.2, -0.15) is 5.10 Å². The first-order valence-corrected chi connectivity index (χ1v) is 10.9. The molecule has 1 fully saturated rings. The van der Waals surface area contributed by atoms with E-state index in [0.717, 1.165) is 23.5 Å². The summed E-state index contributed by atoms with van der Waals surface area (Å²) in [6, 6.07) is 3.42. The van der Waals surface area contributed by atoms with Gasteiger partial charge in [0.1, 0.15) is 28.4 Å². The third-order valence-corrected chi connectivity index (χ3v) is 6.32. The van der Waals surface area contributed by atoms with Crippen LogP contribution in [0, 0.1) is 11.6 Å². The van der Waals surface area contributed by atoms with Gasteiger partial charge in [-0.05, 0) is 25.0 Å². The zero-order valence-electron chi connectivity index (χ0n) is 17.5. The van der Waals surface area contributed by atoms with Gasteiger partial charge in [0, 0.05) is 25.6 Å². The molecule has 3 atom stereocenters. The van der Waals surface area contributed by atoms with Crippen molar-refractivity contribution in [3.05, 3.63) is 52.8 Å². The predicted molar refractivity (Wildman–Crippen MR) is 115 cm³/mol. The number of hydrogen-bond donors (Lipinski definition) is 2. The molecule has 0 aliphatic carbocycles. The van der Waals surface area contributed by atoms with Gasteiger partial charge in [0.25, 0.3) is 5.91 Å². The molecule has 11 heteroatoms. The maximum Gasteiger partial charge on any atom is 0.275 e. The maximum atomic E-state index is 14.1. The Balaban J connectivity index is 1.54. The molecule has 2 aromatic heterocycles. The average Bonchev–Trinajstić information content (AvgIpc) is 3.33. The highest BCUT2D eigenvalue weighted by molar-refractivity contribution is 7.13. The molecule has 3 aromatic rings. The van der Waals surface area contributed by atoms with Gasteiger partial charge in [-0.25, -0.2) is 13.8 Å². The van der Waals surface area contributed by atoms with Gasteiger partial charge in [-0.15, -0.1) is 11.3 Å². The number of carbonyl (C=O) groups excluding carboxylic acids is 1. The highest BCUT2D eigenvalue weighted by Crippen LogP contribution is 2.33. The summed E-state index contributed by atoms with van der Waals surface area (Å²) in [6.07, 6.45) is 2.31. The number of anilines is 1. The van der Waals surface area contributed by atoms with Crippen LogP contribution in [0.15, 0.2) is 29.8 Å². The van der Waals surface area contributed by atoms with Gasteiger partial charge in [0.2, 0.25) is 0 Å². The lowest BCUT2D eigenvalue weighted by Crippen LogP contribution is -2.37. The fourth-order valence-corrected chi connectivity index (χ4v) is 4.56. The third-order valence-electron chi connectivity index (χ3n) is 5.46. The molecule has 1 amide bonds. The minimum absolute atomic E-state index is 0.0470. The number of aryl methyl sites for hydroxylation is 1. The number of ether oxygens (including phenoxy) is 2. The van der Waals surface area contributed by atoms with E-state index in [2.05, 4.69) is 15.4 Å². The van der Waals surface area contributed by atoms with E-state index in [4.69, 9.17) is 15.2 Å². The second-order valence-electron chi connectivity index (χ2n) is 7.49. The first-order chi connectivity index (χ1) is 15.4. The summed E-state index contributed by atoms with van der Waals surface area (Å²) in [7, 11) is 3.36. The number of methoxy groups -OCH3 is 1. The summed E-state index contributed by atoms with van der Waals surface area (Å²) in [4.78, 5) is 16.9. The van der Waals surface area contributed by atoms with E-state index in [1.165, 1.54) is 17.6 Å². The Labute approximate surface area is 187 Å². The Morgan fingerprint density at radius 2 is 2.09 bits per heavy atom. The number of hydrogen-bond acceptors (Lipinski definition) is 7. The van der Waals surface area contributed by atoms with Crippen LogP contribution in [0.4, 0.5) is 14.5 Å². The molecule has 1 aromatic carbocycles. The monoisotopic (exact) mass is 463 g/mol. The average molecular weight is 464 g/mol. The molecule has 0 spiro atoms. The Kier molecular flexibility index (Phi) is 6.60. The van der Waals surface area contributed by atoms with Crippen LogP contribution < -0.4 is 11.1 Å². The number of nitrogens with zero attached hydrogens (tertiary/aromatic N) is 3. The summed E-state index contributed by atoms with van der Waals surface area (Å²) < 4.78 is 41.1. The van der Waals surface area contributed by atoms with Gasteiger partial charge in [0.15, 0.2) is 0 Å². The van der Waals surface area contributed by atoms with E-state index in [9.17, 15) is 13.6 Å². The van der Waals surface area contributed by atoms with E-state index in [-0.39, 0.29) is 34.5 Å². The van der Waals surface area contributed by atoms with Crippen molar-refractivity contribution in [2.24, 2.45) is 12.8 Å². The third kappa shape index (κ3) is 4.42. The number of aromatic nitrogens is 3. The van der Waals surface area contributed by atoms with Gasteiger partial charge >= 0.3 is 0 Å². The molecule has 3 N–H and O–H groups in total. The molecule has 0 radical (unpaired) electrons. The van der Waals surface area contributed by atoms with Crippen molar-refractivity contribution in [3.8, 4) is 10.6 Å². The molecule has 0 bridgehead atoms. The summed E-state index contributed by atoms with van der Waals surface area (Å²) in [5.74, 6) is -1.99. The standard InChI is InChI=1S/C21H23F2N5O3S/c1-28-19(16-7-6-13(24)17(30-2)9-31-16)14(8-25-28)26-20(29)15-10-32-21(27-15)18-11(22)4-3-5-12(18)23/h3-5,8,10,13,16-17H,6-7,9,24H2,1-2H3,(H,26,29)/t13-,16+,17+/m1/s1. The quantitative estimate of drug-likeness (QED) is 0.602. The van der Waals surface area contributed by atoms with Crippen molar-refractivity contribution in [1.29, 1.82) is 0 Å². The van der Waals surface area contributed by atoms with Crippen LogP contribution in [0.5, 0.6) is 0 Å². The van der Waals surface area contributed by atoms with Crippen molar-refractivity contribution in [1.82, 2.24) is 14.8 Å². The fraction of sp³-hybridized carbons (Fsp3) is 0.381. The Bertz CT molecular complexity index is 1100. The van der Waals surface area contributed by atoms with E-state index in [1.54, 1.807) is 18.8 Å². The van der Waals surface area contributed by atoms with E-state index >= 15 is 0 Å². The van der Waals surface area contributed by atoms with Gasteiger partial charge in [-0.1, -0.05) is 6.07 Å². The second kappa shape index (κ2) is 9.41. The van der Waals surface area contributed by atoms with E-state index < -0.39 is 17.5 Å². The molecule has 3 heterocycles. The molecular formula is C21H23F2N5O3S. The maximum absolute atomic E-state index is 14.1. The molecule has 1 aliphatic heterocycles. The molecule has 1 saturated heterocycles. The fourth-order valence-electron chi connectivity index (χ4n) is 3.71. The number of carbonyl (C=O) groups is 1. The molecule has 4 rings (SSSR count). The number of amides is 1. The van der Waals surface area contributed by atoms with E-state index in [1.807, 2.05) is 0 Å². The topological polar surface area (TPSA) is 104 Å². The van der Waals surface area contributed by atoms with Gasteiger partial charge in [-0.3, -0.25) is 9.48 Å². The first kappa shape index (κ1) is 22.5. The van der Waals surface area contributed by atoms with Crippen LogP contribution in [0.2, 0.25) is 0 Å². The van der Waals surface area contributed by atoms with Gasteiger partial charge in [0.05, 0.1) is 35.9 Å². The Morgan fingerprint density at radius 1 is 1.34 bits per heavy atom. The number of nitrogens with one attached hydrogen (secondary N) is 1. The first-order valence-electron chi connectivity index (χ1n) is 10.0. The number of halogens is 2. The van der Waals surface area contributed by atoms with Crippen molar-refractivity contribution in [2.75, 3.05) is 19.0 Å². The number of nitrogens with two attached hydrogens (primary N) is 1.